The molecule has 0 saturated heterocycles. The van der Waals surface area contributed by atoms with Crippen LogP contribution in [-0.2, 0) is 34.1 Å². The smallest absolute Gasteiger partial charge is 0.332 e. The molecule has 16 bridgehead atoms. The molecule has 13 radical (unpaired) electrons. The highest BCUT2D eigenvalue weighted by Gasteiger charge is 2.56. The van der Waals surface area contributed by atoms with Crippen molar-refractivity contribution >= 4 is 145 Å². The summed E-state index contributed by atoms with van der Waals surface area (Å²) in [5.74, 6) is -5.75. The minimum Gasteiger partial charge on any atom is -0.478 e. The molecule has 0 amide bonds. The number of methoxy groups -OCH3 is 2. The maximum absolute atomic E-state index is 13.4. The van der Waals surface area contributed by atoms with Gasteiger partial charge in [0.05, 0.1) is 76.4 Å². The number of carboxylic acid groups (broad SMARTS) is 2. The van der Waals surface area contributed by atoms with Gasteiger partial charge < -0.3 is 39.6 Å². The SMILES string of the molecule is C.C.C=CC1=C(C)C2=NC1CC1=N/C(=C\c3[nH]c(c(C)c3C)/C=c3\[nH]c(c(C)c3C)=C2)C2=CC=C(C(=O)O)C(C(=O)OC)C21C.C=Cc1c(C)c2cc3nc(cc4[nH]c(cc5nc(cc1[nH]2)C(C)=C5C)c(C)c4C)C1(C)C3=CC=C(C(=O)O)C1C(=O)OC.[2HH].[2HH].[B].[B].[B][B-]([B])[B]. The number of carbonyl (C=O) groups excluding carboxylic acids is 2. The number of carbonyl (C=O) groups is 4. The Bertz CT molecular complexity index is 4700. The lowest BCUT2D eigenvalue weighted by Gasteiger charge is -2.38. The lowest BCUT2D eigenvalue weighted by Crippen LogP contribution is -2.44. The van der Waals surface area contributed by atoms with Crippen LogP contribution in [0.2, 0.25) is 0 Å². The number of aliphatic imine (C=N–C) groups is 2. The Kier molecular flexibility index (Phi) is 21.7. The molecule has 10 heterocycles. The monoisotopic (exact) mass is 1250 g/mol. The number of carboxylic acids is 2. The molecule has 5 aliphatic heterocycles. The number of esters is 2. The maximum Gasteiger partial charge on any atom is 0.332 e. The van der Waals surface area contributed by atoms with E-state index in [1.807, 2.05) is 71.0 Å². The van der Waals surface area contributed by atoms with Gasteiger partial charge >= 0.3 is 23.9 Å². The number of ether oxygens (including phenoxy) is 2. The first kappa shape index (κ1) is 73.7. The predicted molar refractivity (Wildman–Crippen MR) is 392 cm³/mol. The summed E-state index contributed by atoms with van der Waals surface area (Å²) in [6.45, 7) is 32.6. The highest BCUT2D eigenvalue weighted by Crippen LogP contribution is 2.55. The molecule has 5 aromatic rings. The van der Waals surface area contributed by atoms with Crippen LogP contribution in [0.4, 0.5) is 0 Å². The molecule has 0 fully saturated rings. The van der Waals surface area contributed by atoms with E-state index in [2.05, 4.69) is 123 Å². The summed E-state index contributed by atoms with van der Waals surface area (Å²) in [7, 11) is 16.6. The summed E-state index contributed by atoms with van der Waals surface area (Å²) in [4.78, 5) is 86.1. The molecule has 7 aliphatic rings. The van der Waals surface area contributed by atoms with Crippen molar-refractivity contribution in [1.82, 2.24) is 29.9 Å². The van der Waals surface area contributed by atoms with E-state index in [1.54, 1.807) is 12.2 Å². The number of hydrogen-bond donors (Lipinski definition) is 6. The number of hydrogen-bond acceptors (Lipinski definition) is 10. The molecule has 5 unspecified atom stereocenters. The van der Waals surface area contributed by atoms with E-state index in [4.69, 9.17) is 29.4 Å². The second-order valence-electron chi connectivity index (χ2n) is 24.2. The molecule has 22 heteroatoms. The van der Waals surface area contributed by atoms with Crippen LogP contribution in [0.3, 0.4) is 0 Å². The molecule has 16 nitrogen and oxygen atoms in total. The van der Waals surface area contributed by atoms with Crippen molar-refractivity contribution in [1.29, 1.82) is 0 Å². The lowest BCUT2D eigenvalue weighted by atomic mass is 9.08. The van der Waals surface area contributed by atoms with E-state index in [0.29, 0.717) is 29.2 Å². The average Bonchev–Trinajstić information content (AvgIpc) is 1.51. The summed E-state index contributed by atoms with van der Waals surface area (Å²) in [5.41, 5.74) is 22.6. The molecule has 12 rings (SSSR count). The van der Waals surface area contributed by atoms with Crippen molar-refractivity contribution in [3.63, 3.8) is 0 Å². The first-order chi connectivity index (χ1) is 42.5. The van der Waals surface area contributed by atoms with Crippen LogP contribution in [0.25, 0.3) is 63.1 Å². The van der Waals surface area contributed by atoms with Gasteiger partial charge in [0.1, 0.15) is 11.8 Å². The topological polar surface area (TPSA) is 241 Å². The molecular weight excluding hydrogens is 1170 g/mol. The normalized spacial score (nSPS) is 21.2. The van der Waals surface area contributed by atoms with Gasteiger partial charge in [0.2, 0.25) is 0 Å². The Labute approximate surface area is 561 Å². The number of allylic oxidation sites excluding steroid dienone is 9. The number of aliphatic carboxylic acids is 2. The van der Waals surface area contributed by atoms with Gasteiger partial charge in [-0.15, -0.1) is 0 Å². The van der Waals surface area contributed by atoms with Crippen LogP contribution in [0, 0.1) is 65.7 Å². The molecule has 6 N–H and O–H groups in total. The van der Waals surface area contributed by atoms with Crippen molar-refractivity contribution < 1.29 is 41.7 Å². The third-order valence-electron chi connectivity index (χ3n) is 19.4. The van der Waals surface area contributed by atoms with Gasteiger partial charge in [-0.25, -0.2) is 37.8 Å². The molecule has 5 aromatic heterocycles. The summed E-state index contributed by atoms with van der Waals surface area (Å²) in [6, 6.07) is 7.69. The van der Waals surface area contributed by atoms with Crippen molar-refractivity contribution in [2.75, 3.05) is 14.2 Å². The van der Waals surface area contributed by atoms with E-state index >= 15 is 0 Å². The maximum atomic E-state index is 13.4. The second-order valence-corrected chi connectivity index (χ2v) is 24.2. The third kappa shape index (κ3) is 12.2. The standard InChI is InChI=1S/C35H34N4O4.C35H36N4O4.2CH4.B4.2B.2H2/c1-9-21-20(6)27-14-30-23-11-10-22(33(40)41)32(34(42)43-8)35(23,7)31(39-30)15-28-19(5)18(4)25(37-28)12-24-16(2)17(3)26(36-24)13-29(21)38-27;1-9-21-20(6)28-13-26-17(3)16(2)24(36-26)12-25-18(4)19(5)27(37-25)14-30-23-11-10-22(33(40)41)32(34(42)43-8)35(23,7)31(39-30)15-29(21)38-28;;;1-4(2)3;;;;/h9-15,32,37-38H,1H2,2-8H3,(H,40,41);9-14,29,32,36-37H,1,15H2,2-8H3,(H,40,41);2*1H4;;;;2*1H/q;;;;-1;;;;/b;24-12-,26-13?,30-14-;;;;;;;/i;;;;;;;2*1+1. The molecule has 0 aromatic carbocycles. The van der Waals surface area contributed by atoms with Gasteiger partial charge in [0.25, 0.3) is 0 Å². The minimum atomic E-state index is -1.17. The van der Waals surface area contributed by atoms with Crippen LogP contribution in [0.15, 0.2) is 111 Å². The number of H-pyrrole nitrogens is 4. The number of fused-ring (bicyclic) bond motifs is 20. The van der Waals surface area contributed by atoms with Gasteiger partial charge in [-0.2, -0.15) is 0 Å². The fraction of sp³-hybridized carbons (Fsp3) is 0.306. The van der Waals surface area contributed by atoms with Gasteiger partial charge in [-0.05, 0) is 198 Å². The number of nitrogens with one attached hydrogen (secondary N) is 4. The zero-order valence-corrected chi connectivity index (χ0v) is 54.5. The zero-order valence-electron chi connectivity index (χ0n) is 54.5. The van der Waals surface area contributed by atoms with Crippen LogP contribution < -0.4 is 10.7 Å². The number of aryl methyl sites for hydroxylation is 3. The Morgan fingerprint density at radius 3 is 1.61 bits per heavy atom. The summed E-state index contributed by atoms with van der Waals surface area (Å²) in [6.07, 6.45) is 16.2. The first-order valence-electron chi connectivity index (χ1n) is 29.6. The molecule has 477 valence electrons. The van der Waals surface area contributed by atoms with Crippen LogP contribution in [-0.4, -0.2) is 142 Å². The largest absolute Gasteiger partial charge is 0.478 e. The summed E-state index contributed by atoms with van der Waals surface area (Å²) < 4.78 is 10.4. The van der Waals surface area contributed by atoms with E-state index in [0.717, 1.165) is 134 Å². The van der Waals surface area contributed by atoms with E-state index in [9.17, 15) is 29.4 Å². The van der Waals surface area contributed by atoms with E-state index < -0.39 is 52.9 Å². The van der Waals surface area contributed by atoms with Crippen molar-refractivity contribution in [2.45, 2.75) is 116 Å². The Hall–Kier alpha value is -9.31. The first-order valence-corrected chi connectivity index (χ1v) is 29.6. The van der Waals surface area contributed by atoms with E-state index in [-0.39, 0.29) is 51.7 Å². The zero-order chi connectivity index (χ0) is 65.5. The summed E-state index contributed by atoms with van der Waals surface area (Å²) in [5, 5.41) is 22.3. The summed E-state index contributed by atoms with van der Waals surface area (Å²) >= 11 is 0. The molecular formula is C72H82B6N8O8-. The fourth-order valence-electron chi connectivity index (χ4n) is 13.5. The molecule has 0 saturated carbocycles. The highest BCUT2D eigenvalue weighted by atomic mass is 16.5. The fourth-order valence-corrected chi connectivity index (χ4v) is 13.5. The average molecular weight is 1250 g/mol. The quantitative estimate of drug-likeness (QED) is 0.0694. The van der Waals surface area contributed by atoms with Gasteiger partial charge in [-0.1, -0.05) is 64.5 Å². The van der Waals surface area contributed by atoms with Gasteiger partial charge in [0, 0.05) is 81.5 Å². The van der Waals surface area contributed by atoms with Crippen molar-refractivity contribution in [3.8, 4) is 0 Å². The van der Waals surface area contributed by atoms with Crippen LogP contribution in [0.5, 0.6) is 0 Å². The molecule has 2 aliphatic carbocycles. The Morgan fingerprint density at radius 1 is 0.596 bits per heavy atom. The van der Waals surface area contributed by atoms with Crippen LogP contribution in [0.1, 0.15) is 137 Å². The van der Waals surface area contributed by atoms with Gasteiger partial charge in [-0.3, -0.25) is 30.9 Å². The number of aromatic nitrogens is 6. The second kappa shape index (κ2) is 27.7. The molecule has 0 spiro atoms. The predicted octanol–water partition coefficient (Wildman–Crippen LogP) is 10.9. The Balaban J connectivity index is 0.000000365. The number of aromatic amines is 4. The lowest BCUT2D eigenvalue weighted by molar-refractivity contribution is -0.149. The van der Waals surface area contributed by atoms with Crippen molar-refractivity contribution in [2.24, 2.45) is 27.2 Å². The third-order valence-corrected chi connectivity index (χ3v) is 19.4. The van der Waals surface area contributed by atoms with Crippen LogP contribution >= 0.6 is 0 Å². The minimum absolute atomic E-state index is 0. The number of rotatable bonds is 6. The molecule has 94 heavy (non-hydrogen) atoms. The Morgan fingerprint density at radius 2 is 1.07 bits per heavy atom. The van der Waals surface area contributed by atoms with Crippen molar-refractivity contribution in [3.05, 3.63) is 191 Å². The molecule has 5 atom stereocenters. The highest BCUT2D eigenvalue weighted by molar-refractivity contribution is 7.49. The van der Waals surface area contributed by atoms with Gasteiger partial charge in [0.15, 0.2) is 0 Å². The number of nitrogens with zero attached hydrogens (tertiary/aromatic N) is 4. The van der Waals surface area contributed by atoms with E-state index in [1.165, 1.54) is 31.9 Å².